The summed E-state index contributed by atoms with van der Waals surface area (Å²) in [5.74, 6) is 0.547. The first kappa shape index (κ1) is 15.8. The third-order valence-electron chi connectivity index (χ3n) is 3.66. The van der Waals surface area contributed by atoms with E-state index in [9.17, 15) is 0 Å². The predicted octanol–water partition coefficient (Wildman–Crippen LogP) is 3.97. The normalized spacial score (nSPS) is 15.2. The molecule has 2 nitrogen and oxygen atoms in total. The highest BCUT2D eigenvalue weighted by molar-refractivity contribution is 6.36. The quantitative estimate of drug-likeness (QED) is 0.888. The van der Waals surface area contributed by atoms with Gasteiger partial charge in [0.2, 0.25) is 0 Å². The zero-order valence-corrected chi connectivity index (χ0v) is 13.0. The molecule has 2 unspecified atom stereocenters. The largest absolute Gasteiger partial charge is 0.329 e. The van der Waals surface area contributed by atoms with Gasteiger partial charge < -0.3 is 5.73 Å². The first-order valence-corrected chi connectivity index (χ1v) is 7.01. The van der Waals surface area contributed by atoms with Crippen LogP contribution in [0.1, 0.15) is 32.4 Å². The van der Waals surface area contributed by atoms with Crippen molar-refractivity contribution in [1.29, 1.82) is 0 Å². The molecule has 2 N–H and O–H groups in total. The molecule has 0 saturated carbocycles. The van der Waals surface area contributed by atoms with Gasteiger partial charge in [0.25, 0.3) is 0 Å². The number of hydrogen-bond donors (Lipinski definition) is 1. The lowest BCUT2D eigenvalue weighted by Gasteiger charge is -2.35. The molecular weight excluding hydrogens is 267 g/mol. The van der Waals surface area contributed by atoms with Crippen LogP contribution in [0, 0.1) is 5.92 Å². The van der Waals surface area contributed by atoms with E-state index in [4.69, 9.17) is 28.9 Å². The number of halogens is 2. The van der Waals surface area contributed by atoms with Crippen molar-refractivity contribution in [2.75, 3.05) is 13.6 Å². The zero-order chi connectivity index (χ0) is 13.9. The molecule has 4 heteroatoms. The van der Waals surface area contributed by atoms with E-state index >= 15 is 0 Å². The van der Waals surface area contributed by atoms with Gasteiger partial charge in [0.1, 0.15) is 0 Å². The summed E-state index contributed by atoms with van der Waals surface area (Å²) in [5.41, 5.74) is 6.85. The van der Waals surface area contributed by atoms with Gasteiger partial charge in [0.05, 0.1) is 0 Å². The van der Waals surface area contributed by atoms with E-state index in [0.29, 0.717) is 28.5 Å². The number of rotatable bonds is 5. The van der Waals surface area contributed by atoms with Crippen LogP contribution in [0.3, 0.4) is 0 Å². The molecule has 0 saturated heterocycles. The van der Waals surface area contributed by atoms with Gasteiger partial charge in [-0.15, -0.1) is 0 Å². The SMILES string of the molecule is CC(C)C(C)N(C)C(CN)c1c(Cl)cccc1Cl. The zero-order valence-electron chi connectivity index (χ0n) is 11.5. The lowest BCUT2D eigenvalue weighted by atomic mass is 9.99. The highest BCUT2D eigenvalue weighted by atomic mass is 35.5. The smallest absolute Gasteiger partial charge is 0.0499 e. The van der Waals surface area contributed by atoms with Gasteiger partial charge in [-0.25, -0.2) is 0 Å². The topological polar surface area (TPSA) is 29.3 Å². The first-order chi connectivity index (χ1) is 8.40. The van der Waals surface area contributed by atoms with Gasteiger partial charge in [0.15, 0.2) is 0 Å². The summed E-state index contributed by atoms with van der Waals surface area (Å²) in [5, 5.41) is 1.36. The van der Waals surface area contributed by atoms with E-state index in [0.717, 1.165) is 5.56 Å². The van der Waals surface area contributed by atoms with Crippen LogP contribution in [-0.4, -0.2) is 24.5 Å². The Bertz CT molecular complexity index is 373. The molecule has 0 fully saturated rings. The molecule has 0 bridgehead atoms. The van der Waals surface area contributed by atoms with Crippen molar-refractivity contribution < 1.29 is 0 Å². The second kappa shape index (κ2) is 6.76. The molecule has 0 radical (unpaired) electrons. The lowest BCUT2D eigenvalue weighted by molar-refractivity contribution is 0.152. The van der Waals surface area contributed by atoms with Crippen LogP contribution in [0.15, 0.2) is 18.2 Å². The van der Waals surface area contributed by atoms with Crippen LogP contribution in [0.2, 0.25) is 10.0 Å². The van der Waals surface area contributed by atoms with Gasteiger partial charge in [-0.1, -0.05) is 43.1 Å². The Morgan fingerprint density at radius 3 is 2.06 bits per heavy atom. The maximum absolute atomic E-state index is 6.26. The summed E-state index contributed by atoms with van der Waals surface area (Å²) in [6.07, 6.45) is 0. The maximum Gasteiger partial charge on any atom is 0.0499 e. The highest BCUT2D eigenvalue weighted by Crippen LogP contribution is 2.34. The Hall–Kier alpha value is -0.280. The minimum absolute atomic E-state index is 0.0450. The molecule has 1 rings (SSSR count). The summed E-state index contributed by atoms with van der Waals surface area (Å²) in [7, 11) is 2.07. The molecular formula is C14H22Cl2N2. The third-order valence-corrected chi connectivity index (χ3v) is 4.31. The molecule has 0 spiro atoms. The summed E-state index contributed by atoms with van der Waals surface area (Å²) in [6.45, 7) is 7.08. The molecule has 1 aromatic rings. The fourth-order valence-corrected chi connectivity index (χ4v) is 2.72. The monoisotopic (exact) mass is 288 g/mol. The molecule has 1 aromatic carbocycles. The fraction of sp³-hybridized carbons (Fsp3) is 0.571. The fourth-order valence-electron chi connectivity index (χ4n) is 2.07. The van der Waals surface area contributed by atoms with E-state index in [1.807, 2.05) is 18.2 Å². The number of nitrogens with zero attached hydrogens (tertiary/aromatic N) is 1. The second-order valence-electron chi connectivity index (χ2n) is 5.04. The summed E-state index contributed by atoms with van der Waals surface area (Å²) in [6, 6.07) is 6.03. The Morgan fingerprint density at radius 1 is 1.17 bits per heavy atom. The van der Waals surface area contributed by atoms with Gasteiger partial charge in [-0.2, -0.15) is 0 Å². The third kappa shape index (κ3) is 3.39. The van der Waals surface area contributed by atoms with Crippen molar-refractivity contribution in [3.63, 3.8) is 0 Å². The minimum Gasteiger partial charge on any atom is -0.329 e. The van der Waals surface area contributed by atoms with Gasteiger partial charge in [-0.05, 0) is 32.0 Å². The predicted molar refractivity (Wildman–Crippen MR) is 80.3 cm³/mol. The maximum atomic E-state index is 6.26. The van der Waals surface area contributed by atoms with Crippen molar-refractivity contribution >= 4 is 23.2 Å². The number of likely N-dealkylation sites (N-methyl/N-ethyl adjacent to an activating group) is 1. The van der Waals surface area contributed by atoms with Gasteiger partial charge in [0, 0.05) is 34.2 Å². The highest BCUT2D eigenvalue weighted by Gasteiger charge is 2.25. The van der Waals surface area contributed by atoms with E-state index in [2.05, 4.69) is 32.7 Å². The Labute approximate surface area is 120 Å². The Morgan fingerprint density at radius 2 is 1.67 bits per heavy atom. The summed E-state index contributed by atoms with van der Waals surface area (Å²) in [4.78, 5) is 2.25. The van der Waals surface area contributed by atoms with E-state index in [1.165, 1.54) is 0 Å². The van der Waals surface area contributed by atoms with Crippen molar-refractivity contribution in [2.24, 2.45) is 11.7 Å². The van der Waals surface area contributed by atoms with E-state index in [-0.39, 0.29) is 6.04 Å². The minimum atomic E-state index is 0.0450. The molecule has 18 heavy (non-hydrogen) atoms. The van der Waals surface area contributed by atoms with Crippen LogP contribution < -0.4 is 5.73 Å². The molecule has 0 amide bonds. The molecule has 0 aliphatic rings. The van der Waals surface area contributed by atoms with E-state index < -0.39 is 0 Å². The molecule has 0 aromatic heterocycles. The average molecular weight is 289 g/mol. The molecule has 0 aliphatic heterocycles. The van der Waals surface area contributed by atoms with E-state index in [1.54, 1.807) is 0 Å². The number of nitrogens with two attached hydrogens (primary N) is 1. The van der Waals surface area contributed by atoms with Gasteiger partial charge >= 0.3 is 0 Å². The second-order valence-corrected chi connectivity index (χ2v) is 5.85. The average Bonchev–Trinajstić information content (AvgIpc) is 2.32. The molecule has 0 heterocycles. The standard InChI is InChI=1S/C14H22Cl2N2/c1-9(2)10(3)18(4)13(8-17)14-11(15)6-5-7-12(14)16/h5-7,9-10,13H,8,17H2,1-4H3. The van der Waals surface area contributed by atoms with Crippen molar-refractivity contribution in [1.82, 2.24) is 4.90 Å². The first-order valence-electron chi connectivity index (χ1n) is 6.26. The van der Waals surface area contributed by atoms with Crippen molar-refractivity contribution in [3.8, 4) is 0 Å². The van der Waals surface area contributed by atoms with Crippen LogP contribution in [-0.2, 0) is 0 Å². The Kier molecular flexibility index (Phi) is 5.93. The molecule has 0 aliphatic carbocycles. The van der Waals surface area contributed by atoms with Crippen LogP contribution in [0.5, 0.6) is 0 Å². The lowest BCUT2D eigenvalue weighted by Crippen LogP contribution is -2.39. The van der Waals surface area contributed by atoms with Crippen LogP contribution in [0.25, 0.3) is 0 Å². The van der Waals surface area contributed by atoms with Crippen LogP contribution in [0.4, 0.5) is 0 Å². The van der Waals surface area contributed by atoms with Crippen molar-refractivity contribution in [2.45, 2.75) is 32.9 Å². The molecule has 102 valence electrons. The summed E-state index contributed by atoms with van der Waals surface area (Å²) >= 11 is 12.5. The number of hydrogen-bond acceptors (Lipinski definition) is 2. The Balaban J connectivity index is 3.10. The van der Waals surface area contributed by atoms with Crippen molar-refractivity contribution in [3.05, 3.63) is 33.8 Å². The van der Waals surface area contributed by atoms with Crippen LogP contribution >= 0.6 is 23.2 Å². The number of benzene rings is 1. The van der Waals surface area contributed by atoms with Gasteiger partial charge in [-0.3, -0.25) is 4.90 Å². The summed E-state index contributed by atoms with van der Waals surface area (Å²) < 4.78 is 0. The molecule has 2 atom stereocenters.